The second-order valence-corrected chi connectivity index (χ2v) is 5.90. The highest BCUT2D eigenvalue weighted by Crippen LogP contribution is 2.28. The normalized spacial score (nSPS) is 14.5. The van der Waals surface area contributed by atoms with E-state index in [1.165, 1.54) is 31.2 Å². The first kappa shape index (κ1) is 17.8. The Morgan fingerprint density at radius 1 is 1.23 bits per heavy atom. The lowest BCUT2D eigenvalue weighted by molar-refractivity contribution is -0.122. The first-order chi connectivity index (χ1) is 12.3. The summed E-state index contributed by atoms with van der Waals surface area (Å²) in [6, 6.07) is 6.41. The van der Waals surface area contributed by atoms with Gasteiger partial charge in [-0.15, -0.1) is 0 Å². The number of nitrogens with zero attached hydrogens (tertiary/aromatic N) is 1. The van der Waals surface area contributed by atoms with Crippen molar-refractivity contribution in [2.24, 2.45) is 0 Å². The highest BCUT2D eigenvalue weighted by atomic mass is 19.1. The smallest absolute Gasteiger partial charge is 0.410 e. The van der Waals surface area contributed by atoms with E-state index in [0.29, 0.717) is 0 Å². The molecule has 0 unspecified atom stereocenters. The Morgan fingerprint density at radius 3 is 2.73 bits per heavy atom. The van der Waals surface area contributed by atoms with Gasteiger partial charge in [-0.3, -0.25) is 9.69 Å². The van der Waals surface area contributed by atoms with E-state index in [9.17, 15) is 22.8 Å². The van der Waals surface area contributed by atoms with Crippen molar-refractivity contribution < 1.29 is 27.5 Å². The van der Waals surface area contributed by atoms with Gasteiger partial charge in [0.25, 0.3) is 0 Å². The third-order valence-corrected chi connectivity index (χ3v) is 4.02. The molecular weight excluding hydrogens is 349 g/mol. The van der Waals surface area contributed by atoms with Gasteiger partial charge in [0.1, 0.15) is 29.7 Å². The monoisotopic (exact) mass is 364 g/mol. The molecule has 26 heavy (non-hydrogen) atoms. The molecule has 1 atom stereocenters. The minimum absolute atomic E-state index is 0.109. The van der Waals surface area contributed by atoms with Crippen LogP contribution in [-0.4, -0.2) is 23.4 Å². The van der Waals surface area contributed by atoms with Gasteiger partial charge >= 0.3 is 6.09 Å². The van der Waals surface area contributed by atoms with E-state index in [1.54, 1.807) is 0 Å². The quantitative estimate of drug-likeness (QED) is 0.906. The fraction of sp³-hybridized carbons (Fsp3) is 0.222. The molecule has 0 saturated carbocycles. The van der Waals surface area contributed by atoms with Crippen LogP contribution in [0.25, 0.3) is 0 Å². The van der Waals surface area contributed by atoms with Gasteiger partial charge in [-0.25, -0.2) is 18.0 Å². The molecule has 0 spiro atoms. The predicted octanol–water partition coefficient (Wildman–Crippen LogP) is 3.30. The summed E-state index contributed by atoms with van der Waals surface area (Å²) in [5.74, 6) is -2.51. The van der Waals surface area contributed by atoms with E-state index < -0.39 is 35.5 Å². The van der Waals surface area contributed by atoms with Gasteiger partial charge in [0, 0.05) is 11.6 Å². The maximum Gasteiger partial charge on any atom is 0.416 e. The van der Waals surface area contributed by atoms with Gasteiger partial charge in [0.05, 0.1) is 18.2 Å². The Kier molecular flexibility index (Phi) is 4.83. The molecule has 5 nitrogen and oxygen atoms in total. The SMILES string of the molecule is C[C@@H](NC(=O)CN1Cc2c(F)cccc2OC1=O)c1ccc(F)cc1F. The van der Waals surface area contributed by atoms with Gasteiger partial charge in [-0.1, -0.05) is 12.1 Å². The molecule has 0 bridgehead atoms. The van der Waals surface area contributed by atoms with Crippen molar-refractivity contribution in [2.45, 2.75) is 19.5 Å². The molecule has 8 heteroatoms. The summed E-state index contributed by atoms with van der Waals surface area (Å²) in [4.78, 5) is 25.2. The minimum Gasteiger partial charge on any atom is -0.410 e. The molecule has 0 fully saturated rings. The number of hydrogen-bond acceptors (Lipinski definition) is 3. The van der Waals surface area contributed by atoms with Gasteiger partial charge in [-0.2, -0.15) is 0 Å². The van der Waals surface area contributed by atoms with E-state index in [0.717, 1.165) is 17.0 Å². The maximum atomic E-state index is 13.8. The molecule has 0 aromatic heterocycles. The average molecular weight is 364 g/mol. The Balaban J connectivity index is 1.66. The Morgan fingerprint density at radius 2 is 2.00 bits per heavy atom. The molecule has 0 aliphatic carbocycles. The third kappa shape index (κ3) is 3.63. The lowest BCUT2D eigenvalue weighted by Crippen LogP contribution is -2.44. The summed E-state index contributed by atoms with van der Waals surface area (Å²) in [5, 5.41) is 2.52. The Labute approximate surface area is 147 Å². The maximum absolute atomic E-state index is 13.8. The molecule has 2 amide bonds. The Hall–Kier alpha value is -3.03. The molecule has 2 aromatic carbocycles. The van der Waals surface area contributed by atoms with Gasteiger partial charge in [0.2, 0.25) is 5.91 Å². The lowest BCUT2D eigenvalue weighted by Gasteiger charge is -2.28. The molecule has 136 valence electrons. The number of nitrogens with one attached hydrogen (secondary N) is 1. The zero-order chi connectivity index (χ0) is 18.8. The Bertz CT molecular complexity index is 873. The van der Waals surface area contributed by atoms with Crippen LogP contribution in [0.4, 0.5) is 18.0 Å². The molecule has 1 aliphatic heterocycles. The number of carbonyl (C=O) groups excluding carboxylic acids is 2. The second kappa shape index (κ2) is 7.07. The zero-order valence-electron chi connectivity index (χ0n) is 13.8. The van der Waals surface area contributed by atoms with Crippen molar-refractivity contribution in [1.82, 2.24) is 10.2 Å². The lowest BCUT2D eigenvalue weighted by atomic mass is 10.1. The zero-order valence-corrected chi connectivity index (χ0v) is 13.8. The van der Waals surface area contributed by atoms with Crippen molar-refractivity contribution in [3.63, 3.8) is 0 Å². The van der Waals surface area contributed by atoms with Crippen LogP contribution in [-0.2, 0) is 11.3 Å². The van der Waals surface area contributed by atoms with Crippen molar-refractivity contribution in [3.05, 3.63) is 65.0 Å². The number of fused-ring (bicyclic) bond motifs is 1. The van der Waals surface area contributed by atoms with E-state index in [2.05, 4.69) is 5.32 Å². The molecule has 0 radical (unpaired) electrons. The number of ether oxygens (including phenoxy) is 1. The van der Waals surface area contributed by atoms with E-state index >= 15 is 0 Å². The molecule has 1 aliphatic rings. The average Bonchev–Trinajstić information content (AvgIpc) is 2.56. The number of amides is 2. The van der Waals surface area contributed by atoms with Crippen LogP contribution >= 0.6 is 0 Å². The summed E-state index contributed by atoms with van der Waals surface area (Å²) in [6.07, 6.45) is -0.779. The topological polar surface area (TPSA) is 58.6 Å². The van der Waals surface area contributed by atoms with Crippen LogP contribution in [0.15, 0.2) is 36.4 Å². The summed E-state index contributed by atoms with van der Waals surface area (Å²) < 4.78 is 45.6. The van der Waals surface area contributed by atoms with Crippen LogP contribution in [0.2, 0.25) is 0 Å². The van der Waals surface area contributed by atoms with E-state index in [-0.39, 0.29) is 30.0 Å². The number of halogens is 3. The van der Waals surface area contributed by atoms with Crippen molar-refractivity contribution in [3.8, 4) is 5.75 Å². The largest absolute Gasteiger partial charge is 0.416 e. The van der Waals surface area contributed by atoms with Crippen molar-refractivity contribution in [2.75, 3.05) is 6.54 Å². The van der Waals surface area contributed by atoms with Crippen LogP contribution in [0.3, 0.4) is 0 Å². The number of benzene rings is 2. The molecule has 1 heterocycles. The third-order valence-electron chi connectivity index (χ3n) is 4.02. The first-order valence-corrected chi connectivity index (χ1v) is 7.83. The van der Waals surface area contributed by atoms with Gasteiger partial charge in [-0.05, 0) is 25.1 Å². The van der Waals surface area contributed by atoms with Crippen LogP contribution < -0.4 is 10.1 Å². The van der Waals surface area contributed by atoms with Crippen molar-refractivity contribution >= 4 is 12.0 Å². The first-order valence-electron chi connectivity index (χ1n) is 7.83. The summed E-state index contributed by atoms with van der Waals surface area (Å²) in [6.45, 7) is 1.02. The highest BCUT2D eigenvalue weighted by molar-refractivity contribution is 5.84. The molecular formula is C18H15F3N2O3. The fourth-order valence-electron chi connectivity index (χ4n) is 2.71. The van der Waals surface area contributed by atoms with E-state index in [1.807, 2.05) is 0 Å². The highest BCUT2D eigenvalue weighted by Gasteiger charge is 2.29. The van der Waals surface area contributed by atoms with Crippen molar-refractivity contribution in [1.29, 1.82) is 0 Å². The second-order valence-electron chi connectivity index (χ2n) is 5.90. The van der Waals surface area contributed by atoms with Crippen LogP contribution in [0.1, 0.15) is 24.1 Å². The number of hydrogen-bond donors (Lipinski definition) is 1. The molecule has 2 aromatic rings. The number of carbonyl (C=O) groups is 2. The summed E-state index contributed by atoms with van der Waals surface area (Å²) in [7, 11) is 0. The minimum atomic E-state index is -0.786. The van der Waals surface area contributed by atoms with E-state index in [4.69, 9.17) is 4.74 Å². The van der Waals surface area contributed by atoms with Crippen LogP contribution in [0, 0.1) is 17.5 Å². The summed E-state index contributed by atoms with van der Waals surface area (Å²) in [5.41, 5.74) is 0.287. The molecule has 0 saturated heterocycles. The van der Waals surface area contributed by atoms with Gasteiger partial charge in [0.15, 0.2) is 0 Å². The van der Waals surface area contributed by atoms with Crippen LogP contribution in [0.5, 0.6) is 5.75 Å². The standard InChI is InChI=1S/C18H15F3N2O3/c1-10(12-6-5-11(19)7-15(12)21)22-17(24)9-23-8-13-14(20)3-2-4-16(13)26-18(23)25/h2-7,10H,8-9H2,1H3,(H,22,24)/t10-/m1/s1. The number of rotatable bonds is 4. The molecule has 3 rings (SSSR count). The molecule has 1 N–H and O–H groups in total. The fourth-order valence-corrected chi connectivity index (χ4v) is 2.71. The summed E-state index contributed by atoms with van der Waals surface area (Å²) >= 11 is 0. The van der Waals surface area contributed by atoms with Gasteiger partial charge < -0.3 is 10.1 Å². The predicted molar refractivity (Wildman–Crippen MR) is 85.7 cm³/mol.